The van der Waals surface area contributed by atoms with Crippen molar-refractivity contribution < 1.29 is 0 Å². The zero-order valence-corrected chi connectivity index (χ0v) is 10.8. The number of anilines is 2. The van der Waals surface area contributed by atoms with Gasteiger partial charge >= 0.3 is 0 Å². The molecule has 0 spiro atoms. The molecule has 2 N–H and O–H groups in total. The molecule has 0 bridgehead atoms. The van der Waals surface area contributed by atoms with Gasteiger partial charge < -0.3 is 15.5 Å². The van der Waals surface area contributed by atoms with Gasteiger partial charge in [0.05, 0.1) is 0 Å². The Kier molecular flexibility index (Phi) is 3.47. The number of hydrogen-bond donors (Lipinski definition) is 2. The standard InChI is InChI=1S/C12H21N5/c1-12(2,3)16-10-8-11(15-9-14-10)17-6-4-13-5-7-17/h8-9,13H,4-7H2,1-3H3,(H,14,15,16). The minimum absolute atomic E-state index is 0.0229. The van der Waals surface area contributed by atoms with Gasteiger partial charge in [0, 0.05) is 37.8 Å². The molecule has 0 aliphatic carbocycles. The molecular weight excluding hydrogens is 214 g/mol. The van der Waals surface area contributed by atoms with Gasteiger partial charge in [0.2, 0.25) is 0 Å². The van der Waals surface area contributed by atoms with Crippen LogP contribution in [-0.4, -0.2) is 41.7 Å². The van der Waals surface area contributed by atoms with E-state index in [1.54, 1.807) is 6.33 Å². The number of rotatable bonds is 2. The van der Waals surface area contributed by atoms with Crippen LogP contribution in [0.2, 0.25) is 0 Å². The SMILES string of the molecule is CC(C)(C)Nc1cc(N2CCNCC2)ncn1. The van der Waals surface area contributed by atoms with Gasteiger partial charge in [-0.1, -0.05) is 0 Å². The van der Waals surface area contributed by atoms with E-state index in [4.69, 9.17) is 0 Å². The lowest BCUT2D eigenvalue weighted by Crippen LogP contribution is -2.44. The van der Waals surface area contributed by atoms with Crippen LogP contribution in [0.15, 0.2) is 12.4 Å². The highest BCUT2D eigenvalue weighted by Crippen LogP contribution is 2.17. The molecule has 1 fully saturated rings. The zero-order valence-electron chi connectivity index (χ0n) is 10.8. The predicted molar refractivity (Wildman–Crippen MR) is 70.5 cm³/mol. The van der Waals surface area contributed by atoms with Crippen molar-refractivity contribution in [2.75, 3.05) is 36.4 Å². The van der Waals surface area contributed by atoms with Crippen LogP contribution >= 0.6 is 0 Å². The van der Waals surface area contributed by atoms with Crippen LogP contribution in [-0.2, 0) is 0 Å². The van der Waals surface area contributed by atoms with Gasteiger partial charge in [-0.3, -0.25) is 0 Å². The molecule has 0 unspecified atom stereocenters. The van der Waals surface area contributed by atoms with E-state index in [0.717, 1.165) is 37.8 Å². The minimum Gasteiger partial charge on any atom is -0.365 e. The lowest BCUT2D eigenvalue weighted by molar-refractivity contribution is 0.584. The lowest BCUT2D eigenvalue weighted by atomic mass is 10.1. The second-order valence-electron chi connectivity index (χ2n) is 5.37. The summed E-state index contributed by atoms with van der Waals surface area (Å²) in [6.07, 6.45) is 1.63. The largest absolute Gasteiger partial charge is 0.365 e. The Hall–Kier alpha value is -1.36. The minimum atomic E-state index is 0.0229. The summed E-state index contributed by atoms with van der Waals surface area (Å²) in [5.41, 5.74) is 0.0229. The van der Waals surface area contributed by atoms with Gasteiger partial charge in [0.25, 0.3) is 0 Å². The third-order valence-corrected chi connectivity index (χ3v) is 2.60. The first kappa shape index (κ1) is 12.1. The summed E-state index contributed by atoms with van der Waals surface area (Å²) in [5, 5.41) is 6.70. The van der Waals surface area contributed by atoms with Crippen LogP contribution in [0, 0.1) is 0 Å². The molecule has 5 heteroatoms. The Morgan fingerprint density at radius 3 is 2.59 bits per heavy atom. The first-order chi connectivity index (χ1) is 8.04. The third-order valence-electron chi connectivity index (χ3n) is 2.60. The van der Waals surface area contributed by atoms with Gasteiger partial charge in [0.15, 0.2) is 0 Å². The van der Waals surface area contributed by atoms with Crippen LogP contribution < -0.4 is 15.5 Å². The first-order valence-corrected chi connectivity index (χ1v) is 6.10. The van der Waals surface area contributed by atoms with E-state index in [0.29, 0.717) is 0 Å². The number of aromatic nitrogens is 2. The molecule has 2 heterocycles. The van der Waals surface area contributed by atoms with Crippen LogP contribution in [0.25, 0.3) is 0 Å². The summed E-state index contributed by atoms with van der Waals surface area (Å²) in [4.78, 5) is 10.9. The average molecular weight is 235 g/mol. The summed E-state index contributed by atoms with van der Waals surface area (Å²) in [6.45, 7) is 10.4. The van der Waals surface area contributed by atoms with Crippen molar-refractivity contribution in [2.24, 2.45) is 0 Å². The Balaban J connectivity index is 2.10. The molecule has 1 aromatic rings. The number of hydrogen-bond acceptors (Lipinski definition) is 5. The molecule has 1 aromatic heterocycles. The molecule has 0 atom stereocenters. The summed E-state index contributed by atoms with van der Waals surface area (Å²) in [5.74, 6) is 1.90. The maximum Gasteiger partial charge on any atom is 0.134 e. The van der Waals surface area contributed by atoms with Gasteiger partial charge in [0.1, 0.15) is 18.0 Å². The van der Waals surface area contributed by atoms with Crippen LogP contribution in [0.1, 0.15) is 20.8 Å². The zero-order chi connectivity index (χ0) is 12.3. The molecule has 1 aliphatic heterocycles. The van der Waals surface area contributed by atoms with Crippen molar-refractivity contribution in [1.82, 2.24) is 15.3 Å². The van der Waals surface area contributed by atoms with E-state index in [1.165, 1.54) is 0 Å². The van der Waals surface area contributed by atoms with Crippen molar-refractivity contribution >= 4 is 11.6 Å². The Morgan fingerprint density at radius 2 is 1.94 bits per heavy atom. The highest BCUT2D eigenvalue weighted by molar-refractivity contribution is 5.49. The topological polar surface area (TPSA) is 53.1 Å². The maximum absolute atomic E-state index is 4.34. The normalized spacial score (nSPS) is 17.0. The number of nitrogens with zero attached hydrogens (tertiary/aromatic N) is 3. The highest BCUT2D eigenvalue weighted by atomic mass is 15.2. The summed E-state index contributed by atoms with van der Waals surface area (Å²) in [6, 6.07) is 2.02. The van der Waals surface area contributed by atoms with E-state index in [1.807, 2.05) is 6.07 Å². The lowest BCUT2D eigenvalue weighted by Gasteiger charge is -2.29. The van der Waals surface area contributed by atoms with E-state index in [9.17, 15) is 0 Å². The van der Waals surface area contributed by atoms with Crippen molar-refractivity contribution in [3.8, 4) is 0 Å². The fourth-order valence-electron chi connectivity index (χ4n) is 1.87. The van der Waals surface area contributed by atoms with Crippen molar-refractivity contribution in [1.29, 1.82) is 0 Å². The number of piperazine rings is 1. The third kappa shape index (κ3) is 3.56. The Bertz CT molecular complexity index is 365. The molecular formula is C12H21N5. The number of nitrogens with one attached hydrogen (secondary N) is 2. The van der Waals surface area contributed by atoms with Crippen molar-refractivity contribution in [3.63, 3.8) is 0 Å². The average Bonchev–Trinajstić information content (AvgIpc) is 2.28. The van der Waals surface area contributed by atoms with E-state index >= 15 is 0 Å². The summed E-state index contributed by atoms with van der Waals surface area (Å²) in [7, 11) is 0. The second-order valence-corrected chi connectivity index (χ2v) is 5.37. The fourth-order valence-corrected chi connectivity index (χ4v) is 1.87. The summed E-state index contributed by atoms with van der Waals surface area (Å²) >= 11 is 0. The second kappa shape index (κ2) is 4.87. The van der Waals surface area contributed by atoms with Gasteiger partial charge in [-0.2, -0.15) is 0 Å². The van der Waals surface area contributed by atoms with E-state index < -0.39 is 0 Å². The summed E-state index contributed by atoms with van der Waals surface area (Å²) < 4.78 is 0. The fraction of sp³-hybridized carbons (Fsp3) is 0.667. The maximum atomic E-state index is 4.34. The molecule has 0 radical (unpaired) electrons. The van der Waals surface area contributed by atoms with E-state index in [2.05, 4.69) is 46.3 Å². The molecule has 0 aromatic carbocycles. The monoisotopic (exact) mass is 235 g/mol. The predicted octanol–water partition coefficient (Wildman–Crippen LogP) is 1.10. The van der Waals surface area contributed by atoms with Crippen LogP contribution in [0.3, 0.4) is 0 Å². The van der Waals surface area contributed by atoms with Gasteiger partial charge in [-0.25, -0.2) is 9.97 Å². The smallest absolute Gasteiger partial charge is 0.134 e. The quantitative estimate of drug-likeness (QED) is 0.804. The molecule has 2 rings (SSSR count). The molecule has 94 valence electrons. The molecule has 0 saturated carbocycles. The molecule has 17 heavy (non-hydrogen) atoms. The van der Waals surface area contributed by atoms with E-state index in [-0.39, 0.29) is 5.54 Å². The van der Waals surface area contributed by atoms with Gasteiger partial charge in [-0.05, 0) is 20.8 Å². The Morgan fingerprint density at radius 1 is 1.24 bits per heavy atom. The van der Waals surface area contributed by atoms with Gasteiger partial charge in [-0.15, -0.1) is 0 Å². The highest BCUT2D eigenvalue weighted by Gasteiger charge is 2.14. The molecule has 5 nitrogen and oxygen atoms in total. The van der Waals surface area contributed by atoms with Crippen LogP contribution in [0.4, 0.5) is 11.6 Å². The Labute approximate surface area is 103 Å². The molecule has 1 saturated heterocycles. The molecule has 0 amide bonds. The first-order valence-electron chi connectivity index (χ1n) is 6.10. The molecule has 1 aliphatic rings. The van der Waals surface area contributed by atoms with Crippen molar-refractivity contribution in [2.45, 2.75) is 26.3 Å². The van der Waals surface area contributed by atoms with Crippen LogP contribution in [0.5, 0.6) is 0 Å². The van der Waals surface area contributed by atoms with Crippen molar-refractivity contribution in [3.05, 3.63) is 12.4 Å².